The molecule has 2 heterocycles. The Labute approximate surface area is 153 Å². The predicted molar refractivity (Wildman–Crippen MR) is 98.7 cm³/mol. The van der Waals surface area contributed by atoms with Gasteiger partial charge >= 0.3 is 0 Å². The van der Waals surface area contributed by atoms with Crippen LogP contribution in [0.1, 0.15) is 28.5 Å². The van der Waals surface area contributed by atoms with Gasteiger partial charge in [-0.3, -0.25) is 9.59 Å². The highest BCUT2D eigenvalue weighted by Gasteiger charge is 2.24. The van der Waals surface area contributed by atoms with Crippen molar-refractivity contribution < 1.29 is 9.59 Å². The molecule has 3 rings (SSSR count). The first kappa shape index (κ1) is 17.8. The van der Waals surface area contributed by atoms with E-state index in [4.69, 9.17) is 0 Å². The fraction of sp³-hybridized carbons (Fsp3) is 0.368. The van der Waals surface area contributed by atoms with Gasteiger partial charge in [0.15, 0.2) is 5.69 Å². The number of hydrogen-bond donors (Lipinski definition) is 1. The topological polar surface area (TPSA) is 78.4 Å². The number of amides is 2. The SMILES string of the molecule is CC(=O)N1CCN(C(=O)c2ccc(NCc3ccccc3C)nn2)CC1. The molecule has 1 aromatic heterocycles. The standard InChI is InChI=1S/C19H23N5O2/c1-14-5-3-4-6-16(14)13-20-18-8-7-17(21-22-18)19(26)24-11-9-23(10-12-24)15(2)25/h3-8H,9-13H2,1-2H3,(H,20,22). The summed E-state index contributed by atoms with van der Waals surface area (Å²) in [5, 5.41) is 11.4. The molecule has 7 heteroatoms. The van der Waals surface area contributed by atoms with Crippen LogP contribution in [0.25, 0.3) is 0 Å². The predicted octanol–water partition coefficient (Wildman–Crippen LogP) is 1.70. The Hall–Kier alpha value is -2.96. The third kappa shape index (κ3) is 4.17. The number of rotatable bonds is 4. The number of carbonyl (C=O) groups is 2. The molecule has 1 N–H and O–H groups in total. The highest BCUT2D eigenvalue weighted by atomic mass is 16.2. The second kappa shape index (κ2) is 7.95. The Morgan fingerprint density at radius 1 is 1.00 bits per heavy atom. The van der Waals surface area contributed by atoms with Gasteiger partial charge in [0.1, 0.15) is 5.82 Å². The van der Waals surface area contributed by atoms with Gasteiger partial charge < -0.3 is 15.1 Å². The molecule has 7 nitrogen and oxygen atoms in total. The second-order valence-corrected chi connectivity index (χ2v) is 6.38. The van der Waals surface area contributed by atoms with Crippen molar-refractivity contribution in [1.82, 2.24) is 20.0 Å². The molecule has 0 bridgehead atoms. The summed E-state index contributed by atoms with van der Waals surface area (Å²) in [6.07, 6.45) is 0. The maximum Gasteiger partial charge on any atom is 0.274 e. The van der Waals surface area contributed by atoms with E-state index in [1.54, 1.807) is 28.9 Å². The zero-order valence-electron chi connectivity index (χ0n) is 15.1. The zero-order chi connectivity index (χ0) is 18.5. The van der Waals surface area contributed by atoms with Crippen molar-refractivity contribution in [3.05, 3.63) is 53.2 Å². The van der Waals surface area contributed by atoms with Gasteiger partial charge in [-0.05, 0) is 30.2 Å². The molecule has 1 aliphatic rings. The summed E-state index contributed by atoms with van der Waals surface area (Å²) in [7, 11) is 0. The van der Waals surface area contributed by atoms with Crippen molar-refractivity contribution in [1.29, 1.82) is 0 Å². The van der Waals surface area contributed by atoms with E-state index < -0.39 is 0 Å². The summed E-state index contributed by atoms with van der Waals surface area (Å²) >= 11 is 0. The first-order valence-corrected chi connectivity index (χ1v) is 8.71. The van der Waals surface area contributed by atoms with Gasteiger partial charge in [0.05, 0.1) is 0 Å². The van der Waals surface area contributed by atoms with Gasteiger partial charge in [-0.25, -0.2) is 0 Å². The van der Waals surface area contributed by atoms with Crippen molar-refractivity contribution >= 4 is 17.6 Å². The molecule has 1 fully saturated rings. The molecule has 0 atom stereocenters. The summed E-state index contributed by atoms with van der Waals surface area (Å²) in [5.41, 5.74) is 2.73. The Bertz CT molecular complexity index is 783. The fourth-order valence-corrected chi connectivity index (χ4v) is 2.92. The number of nitrogens with zero attached hydrogens (tertiary/aromatic N) is 4. The third-order valence-corrected chi connectivity index (χ3v) is 4.62. The first-order chi connectivity index (χ1) is 12.5. The van der Waals surface area contributed by atoms with Crippen LogP contribution < -0.4 is 5.32 Å². The average Bonchev–Trinajstić information content (AvgIpc) is 2.67. The number of nitrogens with one attached hydrogen (secondary N) is 1. The Morgan fingerprint density at radius 2 is 1.69 bits per heavy atom. The van der Waals surface area contributed by atoms with Crippen LogP contribution in [0.2, 0.25) is 0 Å². The molecule has 0 spiro atoms. The minimum Gasteiger partial charge on any atom is -0.364 e. The number of aromatic nitrogens is 2. The van der Waals surface area contributed by atoms with Gasteiger partial charge in [-0.15, -0.1) is 10.2 Å². The molecule has 2 aromatic rings. The van der Waals surface area contributed by atoms with Crippen LogP contribution in [0.3, 0.4) is 0 Å². The molecular weight excluding hydrogens is 330 g/mol. The fourth-order valence-electron chi connectivity index (χ4n) is 2.92. The van der Waals surface area contributed by atoms with Gasteiger partial charge in [-0.2, -0.15) is 0 Å². The van der Waals surface area contributed by atoms with E-state index >= 15 is 0 Å². The number of anilines is 1. The summed E-state index contributed by atoms with van der Waals surface area (Å²) in [4.78, 5) is 27.3. The van der Waals surface area contributed by atoms with Gasteiger partial charge in [0.2, 0.25) is 5.91 Å². The van der Waals surface area contributed by atoms with Crippen LogP contribution in [0.4, 0.5) is 5.82 Å². The molecule has 1 saturated heterocycles. The first-order valence-electron chi connectivity index (χ1n) is 8.71. The molecular formula is C19H23N5O2. The van der Waals surface area contributed by atoms with E-state index in [9.17, 15) is 9.59 Å². The number of piperazine rings is 1. The zero-order valence-corrected chi connectivity index (χ0v) is 15.1. The lowest BCUT2D eigenvalue weighted by Crippen LogP contribution is -2.50. The molecule has 2 amide bonds. The Morgan fingerprint density at radius 3 is 2.31 bits per heavy atom. The van der Waals surface area contributed by atoms with Crippen molar-refractivity contribution in [3.63, 3.8) is 0 Å². The van der Waals surface area contributed by atoms with Gasteiger partial charge in [0.25, 0.3) is 5.91 Å². The highest BCUT2D eigenvalue weighted by Crippen LogP contribution is 2.11. The van der Waals surface area contributed by atoms with Crippen molar-refractivity contribution in [2.75, 3.05) is 31.5 Å². The monoisotopic (exact) mass is 353 g/mol. The van der Waals surface area contributed by atoms with Crippen LogP contribution in [-0.4, -0.2) is 58.0 Å². The Balaban J connectivity index is 1.56. The molecule has 136 valence electrons. The minimum absolute atomic E-state index is 0.0426. The molecule has 0 unspecified atom stereocenters. The molecule has 0 saturated carbocycles. The van der Waals surface area contributed by atoms with Crippen molar-refractivity contribution in [3.8, 4) is 0 Å². The van der Waals surface area contributed by atoms with Gasteiger partial charge in [0, 0.05) is 39.6 Å². The number of benzene rings is 1. The lowest BCUT2D eigenvalue weighted by atomic mass is 10.1. The maximum absolute atomic E-state index is 12.5. The normalized spacial score (nSPS) is 14.2. The molecule has 0 radical (unpaired) electrons. The maximum atomic E-state index is 12.5. The van der Waals surface area contributed by atoms with Crippen LogP contribution >= 0.6 is 0 Å². The number of aryl methyl sites for hydroxylation is 1. The summed E-state index contributed by atoms with van der Waals surface area (Å²) < 4.78 is 0. The second-order valence-electron chi connectivity index (χ2n) is 6.38. The summed E-state index contributed by atoms with van der Waals surface area (Å²) in [6.45, 7) is 6.43. The quantitative estimate of drug-likeness (QED) is 0.905. The van der Waals surface area contributed by atoms with E-state index in [0.29, 0.717) is 44.2 Å². The van der Waals surface area contributed by atoms with Crippen molar-refractivity contribution in [2.45, 2.75) is 20.4 Å². The number of carbonyl (C=O) groups excluding carboxylic acids is 2. The van der Waals surface area contributed by atoms with E-state index in [0.717, 1.165) is 0 Å². The summed E-state index contributed by atoms with van der Waals surface area (Å²) in [5.74, 6) is 0.526. The van der Waals surface area contributed by atoms with Crippen LogP contribution in [0.5, 0.6) is 0 Å². The van der Waals surface area contributed by atoms with Crippen LogP contribution in [0, 0.1) is 6.92 Å². The number of hydrogen-bond acceptors (Lipinski definition) is 5. The van der Waals surface area contributed by atoms with Crippen LogP contribution in [-0.2, 0) is 11.3 Å². The van der Waals surface area contributed by atoms with E-state index in [1.165, 1.54) is 11.1 Å². The smallest absolute Gasteiger partial charge is 0.274 e. The molecule has 26 heavy (non-hydrogen) atoms. The molecule has 0 aliphatic carbocycles. The van der Waals surface area contributed by atoms with E-state index in [1.807, 2.05) is 12.1 Å². The third-order valence-electron chi connectivity index (χ3n) is 4.62. The molecule has 1 aromatic carbocycles. The Kier molecular flexibility index (Phi) is 5.46. The van der Waals surface area contributed by atoms with Crippen LogP contribution in [0.15, 0.2) is 36.4 Å². The highest BCUT2D eigenvalue weighted by molar-refractivity contribution is 5.92. The lowest BCUT2D eigenvalue weighted by Gasteiger charge is -2.33. The van der Waals surface area contributed by atoms with E-state index in [2.05, 4.69) is 34.6 Å². The lowest BCUT2D eigenvalue weighted by molar-refractivity contribution is -0.130. The van der Waals surface area contributed by atoms with E-state index in [-0.39, 0.29) is 11.8 Å². The summed E-state index contributed by atoms with van der Waals surface area (Å²) in [6, 6.07) is 11.6. The van der Waals surface area contributed by atoms with Gasteiger partial charge in [-0.1, -0.05) is 24.3 Å². The van der Waals surface area contributed by atoms with Crippen molar-refractivity contribution in [2.24, 2.45) is 0 Å². The minimum atomic E-state index is -0.147. The molecule has 1 aliphatic heterocycles. The largest absolute Gasteiger partial charge is 0.364 e. The average molecular weight is 353 g/mol.